The molecule has 31 heavy (non-hydrogen) atoms. The van der Waals surface area contributed by atoms with Gasteiger partial charge in [-0.1, -0.05) is 31.4 Å². The predicted octanol–water partition coefficient (Wildman–Crippen LogP) is 5.00. The van der Waals surface area contributed by atoms with Crippen LogP contribution in [0.25, 0.3) is 0 Å². The number of ether oxygens (including phenoxy) is 1. The van der Waals surface area contributed by atoms with Crippen molar-refractivity contribution in [1.29, 1.82) is 0 Å². The highest BCUT2D eigenvalue weighted by atomic mass is 16.5. The fraction of sp³-hybridized carbons (Fsp3) is 0.560. The first-order valence-electron chi connectivity index (χ1n) is 11.8. The van der Waals surface area contributed by atoms with Crippen molar-refractivity contribution in [3.63, 3.8) is 0 Å². The Morgan fingerprint density at radius 1 is 1.06 bits per heavy atom. The van der Waals surface area contributed by atoms with Crippen LogP contribution < -0.4 is 10.2 Å². The number of nitrogens with zero attached hydrogens (tertiary/aromatic N) is 3. The van der Waals surface area contributed by atoms with E-state index in [1.54, 1.807) is 0 Å². The Labute approximate surface area is 184 Å². The van der Waals surface area contributed by atoms with Gasteiger partial charge in [0.05, 0.1) is 12.7 Å². The lowest BCUT2D eigenvalue weighted by molar-refractivity contribution is 0.0258. The van der Waals surface area contributed by atoms with Crippen LogP contribution in [0.2, 0.25) is 0 Å². The predicted molar refractivity (Wildman–Crippen MR) is 122 cm³/mol. The number of rotatable bonds is 6. The Kier molecular flexibility index (Phi) is 5.90. The van der Waals surface area contributed by atoms with E-state index in [0.717, 1.165) is 30.6 Å². The van der Waals surface area contributed by atoms with E-state index in [1.807, 2.05) is 6.92 Å². The summed E-state index contributed by atoms with van der Waals surface area (Å²) in [6, 6.07) is 8.73. The average Bonchev–Trinajstić information content (AvgIpc) is 3.67. The summed E-state index contributed by atoms with van der Waals surface area (Å²) < 4.78 is 5.94. The molecule has 2 aromatic rings. The quantitative estimate of drug-likeness (QED) is 0.663. The van der Waals surface area contributed by atoms with Gasteiger partial charge in [-0.25, -0.2) is 4.98 Å². The number of carbonyl (C=O) groups is 1. The van der Waals surface area contributed by atoms with Gasteiger partial charge in [-0.05, 0) is 62.1 Å². The molecule has 2 saturated carbocycles. The van der Waals surface area contributed by atoms with Crippen molar-refractivity contribution < 1.29 is 9.53 Å². The number of nitrogens with one attached hydrogen (secondary N) is 1. The first-order valence-corrected chi connectivity index (χ1v) is 11.8. The third-order valence-corrected chi connectivity index (χ3v) is 7.06. The Hall–Kier alpha value is -2.47. The molecule has 0 radical (unpaired) electrons. The second-order valence-corrected chi connectivity index (χ2v) is 9.27. The molecule has 6 nitrogen and oxygen atoms in total. The van der Waals surface area contributed by atoms with Crippen molar-refractivity contribution in [3.8, 4) is 0 Å². The molecule has 3 fully saturated rings. The zero-order valence-corrected chi connectivity index (χ0v) is 18.3. The summed E-state index contributed by atoms with van der Waals surface area (Å²) in [5, 5.41) is 3.43. The molecule has 2 aliphatic carbocycles. The third-order valence-electron chi connectivity index (χ3n) is 7.06. The molecule has 0 spiro atoms. The third kappa shape index (κ3) is 4.59. The first kappa shape index (κ1) is 20.4. The first-order chi connectivity index (χ1) is 15.2. The minimum atomic E-state index is 0.252. The van der Waals surface area contributed by atoms with E-state index in [0.29, 0.717) is 35.9 Å². The van der Waals surface area contributed by atoms with Crippen LogP contribution in [0.5, 0.6) is 0 Å². The summed E-state index contributed by atoms with van der Waals surface area (Å²) in [6.07, 6.45) is 10.2. The normalized spacial score (nSPS) is 22.4. The maximum absolute atomic E-state index is 11.7. The van der Waals surface area contributed by atoms with Crippen LogP contribution in [-0.2, 0) is 4.74 Å². The van der Waals surface area contributed by atoms with Gasteiger partial charge in [0.1, 0.15) is 11.5 Å². The largest absolute Gasteiger partial charge is 0.374 e. The molecule has 3 aliphatic rings. The lowest BCUT2D eigenvalue weighted by Crippen LogP contribution is -2.44. The smallest absolute Gasteiger partial charge is 0.228 e. The molecule has 5 rings (SSSR count). The average molecular weight is 421 g/mol. The van der Waals surface area contributed by atoms with Crippen molar-refractivity contribution in [3.05, 3.63) is 41.1 Å². The second-order valence-electron chi connectivity index (χ2n) is 9.27. The molecule has 164 valence electrons. The Morgan fingerprint density at radius 3 is 2.55 bits per heavy atom. The van der Waals surface area contributed by atoms with Crippen molar-refractivity contribution in [1.82, 2.24) is 9.97 Å². The maximum Gasteiger partial charge on any atom is 0.228 e. The van der Waals surface area contributed by atoms with Gasteiger partial charge in [0, 0.05) is 24.3 Å². The number of aromatic nitrogens is 2. The van der Waals surface area contributed by atoms with Crippen LogP contribution in [0.3, 0.4) is 0 Å². The highest BCUT2D eigenvalue weighted by Crippen LogP contribution is 2.36. The molecule has 0 bridgehead atoms. The minimum absolute atomic E-state index is 0.252. The van der Waals surface area contributed by atoms with Gasteiger partial charge >= 0.3 is 0 Å². The fourth-order valence-corrected chi connectivity index (χ4v) is 4.92. The van der Waals surface area contributed by atoms with Crippen molar-refractivity contribution in [2.75, 3.05) is 29.9 Å². The molecule has 1 N–H and O–H groups in total. The summed E-state index contributed by atoms with van der Waals surface area (Å²) in [4.78, 5) is 23.2. The zero-order valence-electron chi connectivity index (χ0n) is 18.3. The summed E-state index contributed by atoms with van der Waals surface area (Å²) in [5.74, 6) is 2.67. The fourth-order valence-electron chi connectivity index (χ4n) is 4.92. The van der Waals surface area contributed by atoms with E-state index < -0.39 is 0 Å². The van der Waals surface area contributed by atoms with Crippen LogP contribution in [0.4, 0.5) is 17.5 Å². The van der Waals surface area contributed by atoms with E-state index in [4.69, 9.17) is 9.72 Å². The van der Waals surface area contributed by atoms with Crippen LogP contribution in [0, 0.1) is 12.8 Å². The molecule has 1 aromatic carbocycles. The number of benzene rings is 1. The van der Waals surface area contributed by atoms with Crippen LogP contribution >= 0.6 is 0 Å². The molecule has 1 saturated heterocycles. The summed E-state index contributed by atoms with van der Waals surface area (Å²) in [6.45, 7) is 4.13. The zero-order chi connectivity index (χ0) is 21.2. The molecule has 2 heterocycles. The number of carbonyl (C=O) groups excluding carboxylic acids is 1. The minimum Gasteiger partial charge on any atom is -0.374 e. The van der Waals surface area contributed by atoms with Crippen molar-refractivity contribution >= 4 is 23.7 Å². The van der Waals surface area contributed by atoms with Crippen LogP contribution in [0.15, 0.2) is 24.3 Å². The number of morpholine rings is 1. The van der Waals surface area contributed by atoms with E-state index in [1.165, 1.54) is 50.5 Å². The van der Waals surface area contributed by atoms with E-state index in [2.05, 4.69) is 39.5 Å². The van der Waals surface area contributed by atoms with Crippen LogP contribution in [-0.4, -0.2) is 42.1 Å². The molecular weight excluding hydrogens is 388 g/mol. The molecule has 1 atom stereocenters. The van der Waals surface area contributed by atoms with Gasteiger partial charge in [-0.2, -0.15) is 4.98 Å². The number of hydrogen-bond donors (Lipinski definition) is 1. The van der Waals surface area contributed by atoms with Crippen molar-refractivity contribution in [2.45, 2.75) is 63.9 Å². The monoisotopic (exact) mass is 420 g/mol. The Bertz CT molecular complexity index is 920. The van der Waals surface area contributed by atoms with E-state index in [-0.39, 0.29) is 6.10 Å². The molecular formula is C25H32N4O2. The number of anilines is 3. The molecule has 1 aliphatic heterocycles. The molecule has 0 amide bonds. The number of aldehydes is 1. The summed E-state index contributed by atoms with van der Waals surface area (Å²) >= 11 is 0. The summed E-state index contributed by atoms with van der Waals surface area (Å²) in [7, 11) is 0. The SMILES string of the molecule is Cc1c(C=O)nc(N2CCOC(C3CC3)C2)nc1Nc1ccc(C2CCCCC2)cc1. The van der Waals surface area contributed by atoms with Gasteiger partial charge in [-0.3, -0.25) is 4.79 Å². The standard InChI is InChI=1S/C25H32N4O2/c1-17-22(16-30)27-25(29-13-14-31-23(15-29)20-7-8-20)28-24(17)26-21-11-9-19(10-12-21)18-5-3-2-4-6-18/h9-12,16,18,20,23H,2-8,13-15H2,1H3,(H,26,27,28). The van der Waals surface area contributed by atoms with Gasteiger partial charge in [0.25, 0.3) is 0 Å². The van der Waals surface area contributed by atoms with Gasteiger partial charge in [0.15, 0.2) is 6.29 Å². The Balaban J connectivity index is 1.35. The number of hydrogen-bond acceptors (Lipinski definition) is 6. The van der Waals surface area contributed by atoms with Gasteiger partial charge in [-0.15, -0.1) is 0 Å². The lowest BCUT2D eigenvalue weighted by atomic mass is 9.84. The van der Waals surface area contributed by atoms with E-state index in [9.17, 15) is 4.79 Å². The Morgan fingerprint density at radius 2 is 1.84 bits per heavy atom. The van der Waals surface area contributed by atoms with Crippen LogP contribution in [0.1, 0.15) is 72.5 Å². The highest BCUT2D eigenvalue weighted by Gasteiger charge is 2.36. The second kappa shape index (κ2) is 8.95. The van der Waals surface area contributed by atoms with E-state index >= 15 is 0 Å². The molecule has 1 unspecified atom stereocenters. The van der Waals surface area contributed by atoms with Gasteiger partial charge < -0.3 is 15.0 Å². The molecule has 6 heteroatoms. The summed E-state index contributed by atoms with van der Waals surface area (Å²) in [5.41, 5.74) is 3.64. The maximum atomic E-state index is 11.7. The van der Waals surface area contributed by atoms with Gasteiger partial charge in [0.2, 0.25) is 5.95 Å². The lowest BCUT2D eigenvalue weighted by Gasteiger charge is -2.33. The highest BCUT2D eigenvalue weighted by molar-refractivity contribution is 5.79. The molecule has 1 aromatic heterocycles. The topological polar surface area (TPSA) is 67.4 Å². The van der Waals surface area contributed by atoms with Crippen molar-refractivity contribution in [2.24, 2.45) is 5.92 Å².